The fourth-order valence-corrected chi connectivity index (χ4v) is 3.39. The number of morpholine rings is 1. The van der Waals surface area contributed by atoms with E-state index in [0.29, 0.717) is 11.4 Å². The number of carbonyl (C=O) groups is 2. The van der Waals surface area contributed by atoms with E-state index >= 15 is 0 Å². The third kappa shape index (κ3) is 5.53. The zero-order chi connectivity index (χ0) is 19.1. The Morgan fingerprint density at radius 2 is 2.07 bits per heavy atom. The lowest BCUT2D eigenvalue weighted by molar-refractivity contribution is -0.117. The molecule has 1 aliphatic heterocycles. The van der Waals surface area contributed by atoms with Crippen LogP contribution in [0.2, 0.25) is 0 Å². The van der Waals surface area contributed by atoms with Gasteiger partial charge >= 0.3 is 0 Å². The molecule has 0 saturated carbocycles. The molecule has 2 amide bonds. The van der Waals surface area contributed by atoms with Crippen LogP contribution in [0.3, 0.4) is 0 Å². The van der Waals surface area contributed by atoms with Gasteiger partial charge in [0, 0.05) is 45.1 Å². The van der Waals surface area contributed by atoms with E-state index in [9.17, 15) is 9.59 Å². The largest absolute Gasteiger partial charge is 0.379 e. The summed E-state index contributed by atoms with van der Waals surface area (Å²) in [6, 6.07) is 7.32. The maximum absolute atomic E-state index is 12.7. The Labute approximate surface area is 162 Å². The summed E-state index contributed by atoms with van der Waals surface area (Å²) in [5, 5.41) is 7.48. The fraction of sp³-hybridized carbons (Fsp3) is 0.368. The molecule has 0 bridgehead atoms. The van der Waals surface area contributed by atoms with Crippen molar-refractivity contribution in [2.24, 2.45) is 7.05 Å². The van der Waals surface area contributed by atoms with Crippen molar-refractivity contribution in [1.29, 1.82) is 0 Å². The Morgan fingerprint density at radius 1 is 1.26 bits per heavy atom. The normalized spacial score (nSPS) is 15.5. The van der Waals surface area contributed by atoms with Gasteiger partial charge in [-0.1, -0.05) is 6.07 Å². The number of nitrogens with zero attached hydrogens (tertiary/aromatic N) is 2. The van der Waals surface area contributed by atoms with E-state index < -0.39 is 0 Å². The third-order valence-electron chi connectivity index (χ3n) is 4.33. The summed E-state index contributed by atoms with van der Waals surface area (Å²) in [5.41, 5.74) is 1.07. The van der Waals surface area contributed by atoms with Crippen LogP contribution in [0.15, 0.2) is 41.5 Å². The van der Waals surface area contributed by atoms with Crippen LogP contribution < -0.4 is 10.6 Å². The summed E-state index contributed by atoms with van der Waals surface area (Å²) in [6.07, 6.45) is 3.58. The molecule has 2 aromatic heterocycles. The minimum atomic E-state index is -0.297. The first kappa shape index (κ1) is 19.3. The third-order valence-corrected chi connectivity index (χ3v) is 5.20. The van der Waals surface area contributed by atoms with Gasteiger partial charge in [0.2, 0.25) is 0 Å². The number of hydrogen-bond donors (Lipinski definition) is 2. The molecule has 0 aliphatic carbocycles. The second-order valence-electron chi connectivity index (χ2n) is 6.24. The molecule has 0 atom stereocenters. The minimum absolute atomic E-state index is 0.233. The van der Waals surface area contributed by atoms with Gasteiger partial charge in [0.15, 0.2) is 0 Å². The summed E-state index contributed by atoms with van der Waals surface area (Å²) in [6.45, 7) is 4.46. The highest BCUT2D eigenvalue weighted by molar-refractivity contribution is 7.12. The summed E-state index contributed by atoms with van der Waals surface area (Å²) < 4.78 is 7.21. The molecule has 144 valence electrons. The molecule has 8 heteroatoms. The molecule has 0 aromatic carbocycles. The Bertz CT molecular complexity index is 792. The first-order valence-corrected chi connectivity index (χ1v) is 9.77. The number of aromatic nitrogens is 1. The van der Waals surface area contributed by atoms with Crippen LogP contribution >= 0.6 is 11.3 Å². The molecule has 2 N–H and O–H groups in total. The molecule has 1 saturated heterocycles. The van der Waals surface area contributed by atoms with E-state index in [2.05, 4.69) is 15.5 Å². The number of ether oxygens (including phenoxy) is 1. The Kier molecular flexibility index (Phi) is 6.80. The average Bonchev–Trinajstić information content (AvgIpc) is 3.34. The molecule has 0 radical (unpaired) electrons. The van der Waals surface area contributed by atoms with Gasteiger partial charge in [-0.15, -0.1) is 11.3 Å². The molecule has 1 aliphatic rings. The maximum Gasteiger partial charge on any atom is 0.267 e. The molecular weight excluding hydrogens is 364 g/mol. The molecule has 7 nitrogen and oxygen atoms in total. The zero-order valence-electron chi connectivity index (χ0n) is 15.3. The number of rotatable bonds is 7. The number of hydrogen-bond acceptors (Lipinski definition) is 5. The first-order valence-electron chi connectivity index (χ1n) is 8.89. The molecule has 27 heavy (non-hydrogen) atoms. The zero-order valence-corrected chi connectivity index (χ0v) is 16.1. The van der Waals surface area contributed by atoms with E-state index in [1.807, 2.05) is 41.4 Å². The van der Waals surface area contributed by atoms with Crippen molar-refractivity contribution in [1.82, 2.24) is 20.1 Å². The molecule has 3 rings (SSSR count). The minimum Gasteiger partial charge on any atom is -0.379 e. The molecular formula is C19H24N4O3S. The van der Waals surface area contributed by atoms with Crippen molar-refractivity contribution < 1.29 is 14.3 Å². The van der Waals surface area contributed by atoms with Crippen molar-refractivity contribution in [3.05, 3.63) is 52.1 Å². The van der Waals surface area contributed by atoms with Gasteiger partial charge in [0.1, 0.15) is 5.70 Å². The van der Waals surface area contributed by atoms with E-state index in [1.54, 1.807) is 12.1 Å². The van der Waals surface area contributed by atoms with Gasteiger partial charge in [-0.25, -0.2) is 0 Å². The van der Waals surface area contributed by atoms with Crippen LogP contribution in [0.5, 0.6) is 0 Å². The SMILES string of the molecule is Cn1cccc1C=C(NC(=O)c1cccs1)C(=O)NCCN1CCOCC1. The molecule has 0 spiro atoms. The highest BCUT2D eigenvalue weighted by atomic mass is 32.1. The van der Waals surface area contributed by atoms with Crippen LogP contribution in [0.1, 0.15) is 15.4 Å². The van der Waals surface area contributed by atoms with Crippen LogP contribution in [0.25, 0.3) is 6.08 Å². The van der Waals surface area contributed by atoms with Crippen molar-refractivity contribution >= 4 is 29.2 Å². The molecule has 1 fully saturated rings. The van der Waals surface area contributed by atoms with Crippen LogP contribution in [0, 0.1) is 0 Å². The van der Waals surface area contributed by atoms with Crippen molar-refractivity contribution in [2.75, 3.05) is 39.4 Å². The smallest absolute Gasteiger partial charge is 0.267 e. The highest BCUT2D eigenvalue weighted by Gasteiger charge is 2.16. The van der Waals surface area contributed by atoms with Gasteiger partial charge in [0.25, 0.3) is 11.8 Å². The monoisotopic (exact) mass is 388 g/mol. The van der Waals surface area contributed by atoms with Crippen LogP contribution in [-0.2, 0) is 16.6 Å². The van der Waals surface area contributed by atoms with Gasteiger partial charge in [-0.2, -0.15) is 0 Å². The lowest BCUT2D eigenvalue weighted by atomic mass is 10.3. The van der Waals surface area contributed by atoms with Gasteiger partial charge in [-0.3, -0.25) is 14.5 Å². The lowest BCUT2D eigenvalue weighted by Gasteiger charge is -2.26. The number of carbonyl (C=O) groups excluding carboxylic acids is 2. The van der Waals surface area contributed by atoms with E-state index in [4.69, 9.17) is 4.74 Å². The topological polar surface area (TPSA) is 75.6 Å². The van der Waals surface area contributed by atoms with Gasteiger partial charge in [-0.05, 0) is 29.7 Å². The molecule has 2 aromatic rings. The van der Waals surface area contributed by atoms with Crippen LogP contribution in [0.4, 0.5) is 0 Å². The Hall–Kier alpha value is -2.42. The van der Waals surface area contributed by atoms with Crippen molar-refractivity contribution in [3.63, 3.8) is 0 Å². The summed E-state index contributed by atoms with van der Waals surface area (Å²) in [4.78, 5) is 27.9. The number of thiophene rings is 1. The predicted molar refractivity (Wildman–Crippen MR) is 105 cm³/mol. The van der Waals surface area contributed by atoms with Crippen LogP contribution in [-0.4, -0.2) is 60.7 Å². The highest BCUT2D eigenvalue weighted by Crippen LogP contribution is 2.11. The van der Waals surface area contributed by atoms with Gasteiger partial charge < -0.3 is 19.9 Å². The number of nitrogens with one attached hydrogen (secondary N) is 2. The summed E-state index contributed by atoms with van der Waals surface area (Å²) in [7, 11) is 1.89. The van der Waals surface area contributed by atoms with Gasteiger partial charge in [0.05, 0.1) is 18.1 Å². The number of aryl methyl sites for hydroxylation is 1. The molecule has 3 heterocycles. The van der Waals surface area contributed by atoms with Crippen molar-refractivity contribution in [3.8, 4) is 0 Å². The lowest BCUT2D eigenvalue weighted by Crippen LogP contribution is -2.42. The first-order chi connectivity index (χ1) is 13.1. The Balaban J connectivity index is 1.65. The standard InChI is InChI=1S/C19H24N4O3S/c1-22-7-2-4-15(22)14-16(21-19(25)17-5-3-13-27-17)18(24)20-6-8-23-9-11-26-12-10-23/h2-5,7,13-14H,6,8-12H2,1H3,(H,20,24)(H,21,25). The second kappa shape index (κ2) is 9.50. The fourth-order valence-electron chi connectivity index (χ4n) is 2.77. The number of amides is 2. The quantitative estimate of drug-likeness (QED) is 0.702. The maximum atomic E-state index is 12.7. The average molecular weight is 388 g/mol. The van der Waals surface area contributed by atoms with E-state index in [1.165, 1.54) is 11.3 Å². The summed E-state index contributed by atoms with van der Waals surface area (Å²) >= 11 is 1.34. The van der Waals surface area contributed by atoms with E-state index in [-0.39, 0.29) is 17.5 Å². The molecule has 0 unspecified atom stereocenters. The van der Waals surface area contributed by atoms with Crippen molar-refractivity contribution in [2.45, 2.75) is 0 Å². The predicted octanol–water partition coefficient (Wildman–Crippen LogP) is 1.31. The Morgan fingerprint density at radius 3 is 2.74 bits per heavy atom. The van der Waals surface area contributed by atoms with E-state index in [0.717, 1.165) is 38.5 Å². The summed E-state index contributed by atoms with van der Waals surface area (Å²) in [5.74, 6) is -0.580. The second-order valence-corrected chi connectivity index (χ2v) is 7.19.